The van der Waals surface area contributed by atoms with Crippen molar-refractivity contribution in [1.29, 1.82) is 0 Å². The maximum Gasteiger partial charge on any atom is 0.219 e. The molecular formula is C12H19NO2. The second-order valence-electron chi connectivity index (χ2n) is 4.92. The Hall–Kier alpha value is -0.860. The number of carbonyl (C=O) groups excluding carboxylic acids is 2. The van der Waals surface area contributed by atoms with Gasteiger partial charge in [0.1, 0.15) is 5.78 Å². The molecule has 0 bridgehead atoms. The van der Waals surface area contributed by atoms with Crippen molar-refractivity contribution < 1.29 is 9.59 Å². The monoisotopic (exact) mass is 209 g/mol. The summed E-state index contributed by atoms with van der Waals surface area (Å²) in [5.74, 6) is 0.485. The van der Waals surface area contributed by atoms with Crippen LogP contribution < -0.4 is 0 Å². The van der Waals surface area contributed by atoms with E-state index >= 15 is 0 Å². The smallest absolute Gasteiger partial charge is 0.219 e. The molecular weight excluding hydrogens is 190 g/mol. The van der Waals surface area contributed by atoms with Gasteiger partial charge in [0.15, 0.2) is 0 Å². The number of rotatable bonds is 0. The highest BCUT2D eigenvalue weighted by Crippen LogP contribution is 2.39. The number of hydrogen-bond acceptors (Lipinski definition) is 2. The van der Waals surface area contributed by atoms with E-state index in [9.17, 15) is 9.59 Å². The van der Waals surface area contributed by atoms with Crippen LogP contribution in [-0.4, -0.2) is 28.7 Å². The van der Waals surface area contributed by atoms with Crippen molar-refractivity contribution in [1.82, 2.24) is 4.90 Å². The van der Waals surface area contributed by atoms with Crippen LogP contribution in [-0.2, 0) is 9.59 Å². The molecule has 2 rings (SSSR count). The molecule has 1 aliphatic heterocycles. The lowest BCUT2D eigenvalue weighted by molar-refractivity contribution is -0.142. The number of carbonyl (C=O) groups is 2. The molecule has 84 valence electrons. The van der Waals surface area contributed by atoms with Crippen molar-refractivity contribution in [3.63, 3.8) is 0 Å². The maximum absolute atomic E-state index is 11.6. The highest BCUT2D eigenvalue weighted by molar-refractivity contribution is 5.82. The van der Waals surface area contributed by atoms with E-state index in [4.69, 9.17) is 0 Å². The molecule has 0 radical (unpaired) electrons. The molecule has 1 saturated carbocycles. The van der Waals surface area contributed by atoms with Crippen molar-refractivity contribution in [2.75, 3.05) is 6.54 Å². The summed E-state index contributed by atoms with van der Waals surface area (Å²) in [6.45, 7) is 2.48. The van der Waals surface area contributed by atoms with Gasteiger partial charge >= 0.3 is 0 Å². The fourth-order valence-electron chi connectivity index (χ4n) is 3.19. The minimum atomic E-state index is -0.0978. The number of amides is 1. The van der Waals surface area contributed by atoms with Crippen LogP contribution in [0.3, 0.4) is 0 Å². The summed E-state index contributed by atoms with van der Waals surface area (Å²) in [5.41, 5.74) is -0.0978. The molecule has 0 aromatic carbocycles. The number of likely N-dealkylation sites (tertiary alicyclic amines) is 1. The molecule has 15 heavy (non-hydrogen) atoms. The molecule has 0 N–H and O–H groups in total. The molecule has 1 heterocycles. The molecule has 1 amide bonds. The van der Waals surface area contributed by atoms with Gasteiger partial charge in [0.25, 0.3) is 0 Å². The fraction of sp³-hybridized carbons (Fsp3) is 0.833. The molecule has 1 saturated heterocycles. The number of nitrogens with zero attached hydrogens (tertiary/aromatic N) is 1. The van der Waals surface area contributed by atoms with Crippen molar-refractivity contribution >= 4 is 11.7 Å². The molecule has 0 aromatic heterocycles. The maximum atomic E-state index is 11.6. The predicted octanol–water partition coefficient (Wildman–Crippen LogP) is 1.90. The molecule has 3 nitrogen and oxygen atoms in total. The summed E-state index contributed by atoms with van der Waals surface area (Å²) >= 11 is 0. The van der Waals surface area contributed by atoms with Gasteiger partial charge in [0.2, 0.25) is 5.91 Å². The van der Waals surface area contributed by atoms with Crippen LogP contribution in [0.1, 0.15) is 51.9 Å². The highest BCUT2D eigenvalue weighted by Gasteiger charge is 2.43. The molecule has 2 fully saturated rings. The third-order valence-corrected chi connectivity index (χ3v) is 3.85. The van der Waals surface area contributed by atoms with Crippen LogP contribution in [0.2, 0.25) is 0 Å². The van der Waals surface area contributed by atoms with Crippen molar-refractivity contribution in [2.45, 2.75) is 57.4 Å². The lowest BCUT2D eigenvalue weighted by atomic mass is 9.74. The third kappa shape index (κ3) is 1.92. The van der Waals surface area contributed by atoms with Crippen molar-refractivity contribution in [3.05, 3.63) is 0 Å². The fourth-order valence-corrected chi connectivity index (χ4v) is 3.19. The number of hydrogen-bond donors (Lipinski definition) is 0. The zero-order valence-electron chi connectivity index (χ0n) is 9.42. The van der Waals surface area contributed by atoms with E-state index in [0.717, 1.165) is 38.6 Å². The van der Waals surface area contributed by atoms with Gasteiger partial charge in [-0.15, -0.1) is 0 Å². The molecule has 1 atom stereocenters. The van der Waals surface area contributed by atoms with Gasteiger partial charge in [-0.1, -0.05) is 0 Å². The Balaban J connectivity index is 2.20. The van der Waals surface area contributed by atoms with E-state index in [1.165, 1.54) is 0 Å². The first-order valence-electron chi connectivity index (χ1n) is 5.94. The molecule has 3 heteroatoms. The molecule has 0 aromatic rings. The van der Waals surface area contributed by atoms with Gasteiger partial charge in [0, 0.05) is 31.8 Å². The molecule has 1 aliphatic carbocycles. The van der Waals surface area contributed by atoms with E-state index in [2.05, 4.69) is 0 Å². The van der Waals surface area contributed by atoms with E-state index in [-0.39, 0.29) is 11.4 Å². The van der Waals surface area contributed by atoms with Crippen LogP contribution in [0.15, 0.2) is 0 Å². The normalized spacial score (nSPS) is 32.1. The molecule has 1 spiro atoms. The summed E-state index contributed by atoms with van der Waals surface area (Å²) in [6, 6.07) is 0. The van der Waals surface area contributed by atoms with Crippen molar-refractivity contribution in [2.24, 2.45) is 0 Å². The Labute approximate surface area is 90.8 Å². The quantitative estimate of drug-likeness (QED) is 0.611. The Bertz CT molecular complexity index is 283. The predicted molar refractivity (Wildman–Crippen MR) is 57.4 cm³/mol. The van der Waals surface area contributed by atoms with Gasteiger partial charge in [-0.05, 0) is 32.1 Å². The van der Waals surface area contributed by atoms with Crippen LogP contribution in [0.25, 0.3) is 0 Å². The largest absolute Gasteiger partial charge is 0.337 e. The topological polar surface area (TPSA) is 37.4 Å². The second kappa shape index (κ2) is 3.95. The first-order chi connectivity index (χ1) is 7.14. The van der Waals surface area contributed by atoms with Gasteiger partial charge in [-0.25, -0.2) is 0 Å². The lowest BCUT2D eigenvalue weighted by Crippen LogP contribution is -2.56. The van der Waals surface area contributed by atoms with E-state index in [0.29, 0.717) is 18.6 Å². The summed E-state index contributed by atoms with van der Waals surface area (Å²) < 4.78 is 0. The first-order valence-corrected chi connectivity index (χ1v) is 5.94. The summed E-state index contributed by atoms with van der Waals surface area (Å²) in [6.07, 6.45) is 6.59. The minimum absolute atomic E-state index is 0.0978. The summed E-state index contributed by atoms with van der Waals surface area (Å²) in [5, 5.41) is 0. The zero-order chi connectivity index (χ0) is 10.9. The minimum Gasteiger partial charge on any atom is -0.337 e. The Morgan fingerprint density at radius 1 is 1.27 bits per heavy atom. The number of Topliss-reactive ketones (excluding diaryl/α,β-unsaturated/α-hetero) is 1. The average Bonchev–Trinajstić information content (AvgIpc) is 2.17. The van der Waals surface area contributed by atoms with Crippen LogP contribution in [0, 0.1) is 0 Å². The molecule has 2 aliphatic rings. The van der Waals surface area contributed by atoms with Crippen LogP contribution in [0.5, 0.6) is 0 Å². The first kappa shape index (κ1) is 10.7. The van der Waals surface area contributed by atoms with Crippen LogP contribution in [0.4, 0.5) is 0 Å². The Morgan fingerprint density at radius 3 is 2.67 bits per heavy atom. The van der Waals surface area contributed by atoms with Gasteiger partial charge < -0.3 is 4.90 Å². The standard InChI is InChI=1S/C12H19NO2/c1-10(14)13-8-3-2-6-12(13)7-4-5-11(15)9-12/h2-9H2,1H3. The van der Waals surface area contributed by atoms with E-state index in [1.807, 2.05) is 4.90 Å². The van der Waals surface area contributed by atoms with Crippen molar-refractivity contribution in [3.8, 4) is 0 Å². The number of ketones is 1. The highest BCUT2D eigenvalue weighted by atomic mass is 16.2. The van der Waals surface area contributed by atoms with E-state index in [1.54, 1.807) is 6.92 Å². The summed E-state index contributed by atoms with van der Waals surface area (Å²) in [7, 11) is 0. The Morgan fingerprint density at radius 2 is 2.00 bits per heavy atom. The van der Waals surface area contributed by atoms with Gasteiger partial charge in [0.05, 0.1) is 0 Å². The molecule has 1 unspecified atom stereocenters. The lowest BCUT2D eigenvalue weighted by Gasteiger charge is -2.48. The third-order valence-electron chi connectivity index (χ3n) is 3.85. The average molecular weight is 209 g/mol. The SMILES string of the molecule is CC(=O)N1CCCCC12CCCC(=O)C2. The summed E-state index contributed by atoms with van der Waals surface area (Å²) in [4.78, 5) is 25.1. The van der Waals surface area contributed by atoms with Crippen LogP contribution >= 0.6 is 0 Å². The Kier molecular flexibility index (Phi) is 2.81. The second-order valence-corrected chi connectivity index (χ2v) is 4.92. The zero-order valence-corrected chi connectivity index (χ0v) is 9.42. The van der Waals surface area contributed by atoms with Gasteiger partial charge in [-0.2, -0.15) is 0 Å². The number of piperidine rings is 1. The van der Waals surface area contributed by atoms with Gasteiger partial charge in [-0.3, -0.25) is 9.59 Å². The van der Waals surface area contributed by atoms with E-state index < -0.39 is 0 Å².